The largest absolute Gasteiger partial charge is 0.353 e. The molecule has 2 rings (SSSR count). The Morgan fingerprint density at radius 1 is 1.33 bits per heavy atom. The van der Waals surface area contributed by atoms with E-state index in [1.807, 2.05) is 30.3 Å². The first-order valence-electron chi connectivity index (χ1n) is 3.53. The predicted molar refractivity (Wildman–Crippen MR) is 47.1 cm³/mol. The molecule has 0 aliphatic carbocycles. The monoisotopic (exact) mass is 158 g/mol. The van der Waals surface area contributed by atoms with E-state index < -0.39 is 0 Å². The van der Waals surface area contributed by atoms with Crippen LogP contribution in [0.5, 0.6) is 0 Å². The van der Waals surface area contributed by atoms with Gasteiger partial charge in [0.2, 0.25) is 0 Å². The summed E-state index contributed by atoms with van der Waals surface area (Å²) in [6.07, 6.45) is 0. The number of H-pyrrole nitrogens is 1. The van der Waals surface area contributed by atoms with Crippen molar-refractivity contribution < 1.29 is 0 Å². The molecule has 0 saturated carbocycles. The Balaban J connectivity index is 2.69. The Morgan fingerprint density at radius 3 is 2.92 bits per heavy atom. The number of rotatable bonds is 1. The number of fused-ring (bicyclic) bond motifs is 1. The fourth-order valence-electron chi connectivity index (χ4n) is 1.16. The van der Waals surface area contributed by atoms with E-state index in [1.54, 1.807) is 0 Å². The first-order chi connectivity index (χ1) is 5.90. The molecule has 2 aromatic rings. The van der Waals surface area contributed by atoms with Crippen molar-refractivity contribution in [1.29, 1.82) is 0 Å². The Morgan fingerprint density at radius 2 is 2.17 bits per heavy atom. The highest BCUT2D eigenvalue weighted by Crippen LogP contribution is 2.19. The summed E-state index contributed by atoms with van der Waals surface area (Å²) in [7, 11) is 0. The number of azide groups is 1. The summed E-state index contributed by atoms with van der Waals surface area (Å²) < 4.78 is 0. The lowest BCUT2D eigenvalue weighted by Crippen LogP contribution is -1.62. The van der Waals surface area contributed by atoms with Gasteiger partial charge in [0.25, 0.3) is 0 Å². The molecule has 0 bridgehead atoms. The minimum absolute atomic E-state index is 0.554. The second-order valence-electron chi connectivity index (χ2n) is 2.43. The molecule has 0 spiro atoms. The lowest BCUT2D eigenvalue weighted by Gasteiger charge is -1.83. The Labute approximate surface area is 68.5 Å². The molecular formula is C8H6N4. The number of nitrogens with one attached hydrogen (secondary N) is 1. The van der Waals surface area contributed by atoms with Crippen molar-refractivity contribution >= 4 is 16.7 Å². The normalized spacial score (nSPS) is 9.67. The fraction of sp³-hybridized carbons (Fsp3) is 0. The molecule has 1 aromatic heterocycles. The summed E-state index contributed by atoms with van der Waals surface area (Å²) in [5.74, 6) is 0.554. The van der Waals surface area contributed by atoms with Gasteiger partial charge in [0.1, 0.15) is 5.82 Å². The zero-order valence-electron chi connectivity index (χ0n) is 6.23. The minimum atomic E-state index is 0.554. The molecule has 0 fully saturated rings. The van der Waals surface area contributed by atoms with Gasteiger partial charge in [-0.2, -0.15) is 0 Å². The molecule has 1 N–H and O–H groups in total. The van der Waals surface area contributed by atoms with E-state index in [0.29, 0.717) is 5.82 Å². The van der Waals surface area contributed by atoms with Gasteiger partial charge in [0.15, 0.2) is 0 Å². The molecule has 12 heavy (non-hydrogen) atoms. The highest BCUT2D eigenvalue weighted by molar-refractivity contribution is 5.82. The Bertz CT molecular complexity index is 418. The third-order valence-electron chi connectivity index (χ3n) is 1.67. The maximum absolute atomic E-state index is 8.18. The van der Waals surface area contributed by atoms with E-state index in [4.69, 9.17) is 5.53 Å². The lowest BCUT2D eigenvalue weighted by atomic mass is 10.3. The van der Waals surface area contributed by atoms with Crippen molar-refractivity contribution in [1.82, 2.24) is 4.98 Å². The fourth-order valence-corrected chi connectivity index (χ4v) is 1.16. The van der Waals surface area contributed by atoms with Gasteiger partial charge >= 0.3 is 0 Å². The molecule has 0 amide bonds. The highest BCUT2D eigenvalue weighted by atomic mass is 15.2. The summed E-state index contributed by atoms with van der Waals surface area (Å²) in [6.45, 7) is 0. The van der Waals surface area contributed by atoms with Crippen molar-refractivity contribution in [2.24, 2.45) is 5.11 Å². The number of aromatic nitrogens is 1. The molecular weight excluding hydrogens is 152 g/mol. The van der Waals surface area contributed by atoms with Crippen molar-refractivity contribution in [3.63, 3.8) is 0 Å². The number of hydrogen-bond donors (Lipinski definition) is 1. The molecule has 0 aliphatic heterocycles. The van der Waals surface area contributed by atoms with E-state index >= 15 is 0 Å². The van der Waals surface area contributed by atoms with Gasteiger partial charge in [-0.3, -0.25) is 0 Å². The molecule has 0 aliphatic rings. The molecule has 0 radical (unpaired) electrons. The SMILES string of the molecule is [N-]=[N+]=Nc1cc2ccccc2[nH]1. The summed E-state index contributed by atoms with van der Waals surface area (Å²) in [5.41, 5.74) is 9.17. The van der Waals surface area contributed by atoms with Gasteiger partial charge in [-0.25, -0.2) is 0 Å². The number of nitrogens with zero attached hydrogens (tertiary/aromatic N) is 3. The summed E-state index contributed by atoms with van der Waals surface area (Å²) in [6, 6.07) is 9.58. The third-order valence-corrected chi connectivity index (χ3v) is 1.67. The average Bonchev–Trinajstić information content (AvgIpc) is 2.47. The number of aromatic amines is 1. The van der Waals surface area contributed by atoms with Gasteiger partial charge in [0.05, 0.1) is 0 Å². The summed E-state index contributed by atoms with van der Waals surface area (Å²) in [4.78, 5) is 5.67. The van der Waals surface area contributed by atoms with E-state index in [9.17, 15) is 0 Å². The Kier molecular flexibility index (Phi) is 1.47. The van der Waals surface area contributed by atoms with Gasteiger partial charge in [0, 0.05) is 10.4 Å². The van der Waals surface area contributed by atoms with Crippen LogP contribution in [0.15, 0.2) is 35.4 Å². The molecule has 0 unspecified atom stereocenters. The highest BCUT2D eigenvalue weighted by Gasteiger charge is 1.95. The quantitative estimate of drug-likeness (QED) is 0.376. The van der Waals surface area contributed by atoms with E-state index in [-0.39, 0.29) is 0 Å². The van der Waals surface area contributed by atoms with Crippen LogP contribution in [-0.4, -0.2) is 4.98 Å². The molecule has 0 saturated heterocycles. The zero-order valence-corrected chi connectivity index (χ0v) is 6.23. The maximum Gasteiger partial charge on any atom is 0.103 e. The summed E-state index contributed by atoms with van der Waals surface area (Å²) in [5, 5.41) is 4.52. The summed E-state index contributed by atoms with van der Waals surface area (Å²) >= 11 is 0. The number of hydrogen-bond acceptors (Lipinski definition) is 1. The van der Waals surface area contributed by atoms with Crippen LogP contribution >= 0.6 is 0 Å². The van der Waals surface area contributed by atoms with Crippen LogP contribution in [0.1, 0.15) is 0 Å². The zero-order chi connectivity index (χ0) is 8.39. The van der Waals surface area contributed by atoms with Crippen LogP contribution in [-0.2, 0) is 0 Å². The minimum Gasteiger partial charge on any atom is -0.353 e. The number of para-hydroxylation sites is 1. The van der Waals surface area contributed by atoms with Crippen molar-refractivity contribution in [3.05, 3.63) is 40.8 Å². The van der Waals surface area contributed by atoms with Crippen molar-refractivity contribution in [3.8, 4) is 0 Å². The molecule has 1 heterocycles. The van der Waals surface area contributed by atoms with E-state index in [1.165, 1.54) is 0 Å². The van der Waals surface area contributed by atoms with Crippen LogP contribution in [0, 0.1) is 0 Å². The van der Waals surface area contributed by atoms with Crippen LogP contribution < -0.4 is 0 Å². The van der Waals surface area contributed by atoms with Crippen LogP contribution in [0.25, 0.3) is 21.3 Å². The second kappa shape index (κ2) is 2.60. The van der Waals surface area contributed by atoms with E-state index in [2.05, 4.69) is 15.0 Å². The van der Waals surface area contributed by atoms with Crippen LogP contribution in [0.2, 0.25) is 0 Å². The van der Waals surface area contributed by atoms with Gasteiger partial charge < -0.3 is 4.98 Å². The third kappa shape index (κ3) is 1.00. The molecule has 0 atom stereocenters. The average molecular weight is 158 g/mol. The molecule has 4 nitrogen and oxygen atoms in total. The molecule has 4 heteroatoms. The van der Waals surface area contributed by atoms with Crippen molar-refractivity contribution in [2.75, 3.05) is 0 Å². The van der Waals surface area contributed by atoms with E-state index in [0.717, 1.165) is 10.9 Å². The maximum atomic E-state index is 8.18. The lowest BCUT2D eigenvalue weighted by molar-refractivity contribution is 1.35. The number of benzene rings is 1. The van der Waals surface area contributed by atoms with Crippen LogP contribution in [0.4, 0.5) is 5.82 Å². The van der Waals surface area contributed by atoms with Gasteiger partial charge in [-0.1, -0.05) is 18.2 Å². The Hall–Kier alpha value is -1.93. The first-order valence-corrected chi connectivity index (χ1v) is 3.53. The second-order valence-corrected chi connectivity index (χ2v) is 2.43. The predicted octanol–water partition coefficient (Wildman–Crippen LogP) is 3.11. The molecule has 1 aromatic carbocycles. The van der Waals surface area contributed by atoms with Gasteiger partial charge in [-0.05, 0) is 28.2 Å². The standard InChI is InChI=1S/C8H6N4/c9-12-11-8-5-6-3-1-2-4-7(6)10-8/h1-5,10H. The van der Waals surface area contributed by atoms with Gasteiger partial charge in [-0.15, -0.1) is 0 Å². The molecule has 58 valence electrons. The topological polar surface area (TPSA) is 64.6 Å². The smallest absolute Gasteiger partial charge is 0.103 e. The first kappa shape index (κ1) is 6.76. The van der Waals surface area contributed by atoms with Crippen LogP contribution in [0.3, 0.4) is 0 Å². The van der Waals surface area contributed by atoms with Crippen molar-refractivity contribution in [2.45, 2.75) is 0 Å².